The van der Waals surface area contributed by atoms with Crippen molar-refractivity contribution in [1.82, 2.24) is 10.2 Å². The van der Waals surface area contributed by atoms with E-state index in [-0.39, 0.29) is 36.9 Å². The van der Waals surface area contributed by atoms with Crippen molar-refractivity contribution in [1.29, 1.82) is 0 Å². The molecule has 0 radical (unpaired) electrons. The molecular formula is C21H33N3O4S. The quantitative estimate of drug-likeness (QED) is 0.597. The van der Waals surface area contributed by atoms with Gasteiger partial charge in [-0.25, -0.2) is 4.79 Å². The highest BCUT2D eigenvalue weighted by Crippen LogP contribution is 2.40. The van der Waals surface area contributed by atoms with Crippen molar-refractivity contribution in [3.63, 3.8) is 0 Å². The van der Waals surface area contributed by atoms with E-state index in [9.17, 15) is 14.4 Å². The lowest BCUT2D eigenvalue weighted by molar-refractivity contribution is -0.123. The summed E-state index contributed by atoms with van der Waals surface area (Å²) in [5.41, 5.74) is 1.53. The minimum atomic E-state index is -0.376. The number of nitrogens with zero attached hydrogens (tertiary/aromatic N) is 1. The molecule has 0 spiro atoms. The monoisotopic (exact) mass is 423 g/mol. The summed E-state index contributed by atoms with van der Waals surface area (Å²) in [7, 11) is 0. The van der Waals surface area contributed by atoms with E-state index in [0.717, 1.165) is 29.7 Å². The van der Waals surface area contributed by atoms with Crippen molar-refractivity contribution in [2.45, 2.75) is 59.9 Å². The Bertz CT molecular complexity index is 745. The van der Waals surface area contributed by atoms with Crippen molar-refractivity contribution < 1.29 is 19.1 Å². The van der Waals surface area contributed by atoms with Gasteiger partial charge in [-0.15, -0.1) is 11.3 Å². The van der Waals surface area contributed by atoms with E-state index in [1.165, 1.54) is 11.3 Å². The molecule has 8 heteroatoms. The molecule has 0 saturated carbocycles. The fourth-order valence-corrected chi connectivity index (χ4v) is 4.89. The van der Waals surface area contributed by atoms with Crippen LogP contribution in [-0.2, 0) is 27.2 Å². The summed E-state index contributed by atoms with van der Waals surface area (Å²) in [6.07, 6.45) is 2.77. The Morgan fingerprint density at radius 2 is 1.90 bits per heavy atom. The van der Waals surface area contributed by atoms with E-state index in [1.807, 2.05) is 20.8 Å². The van der Waals surface area contributed by atoms with Gasteiger partial charge in [-0.2, -0.15) is 0 Å². The molecule has 7 nitrogen and oxygen atoms in total. The molecule has 0 saturated heterocycles. The smallest absolute Gasteiger partial charge is 0.341 e. The van der Waals surface area contributed by atoms with Gasteiger partial charge >= 0.3 is 5.97 Å². The average molecular weight is 424 g/mol. The molecule has 1 atom stereocenters. The van der Waals surface area contributed by atoms with Crippen LogP contribution in [0.5, 0.6) is 0 Å². The minimum absolute atomic E-state index is 0.0574. The Labute approximate surface area is 177 Å². The second-order valence-corrected chi connectivity index (χ2v) is 8.96. The van der Waals surface area contributed by atoms with Crippen LogP contribution in [0.2, 0.25) is 0 Å². The van der Waals surface area contributed by atoms with Crippen LogP contribution in [0.3, 0.4) is 0 Å². The molecule has 1 heterocycles. The number of carbonyl (C=O) groups excluding carboxylic acids is 3. The van der Waals surface area contributed by atoms with E-state index in [4.69, 9.17) is 4.74 Å². The first kappa shape index (κ1) is 23.3. The van der Waals surface area contributed by atoms with Gasteiger partial charge in [0.1, 0.15) is 5.00 Å². The number of rotatable bonds is 9. The number of likely N-dealkylation sites (N-methyl/N-ethyl adjacent to an activating group) is 1. The van der Waals surface area contributed by atoms with E-state index >= 15 is 0 Å². The molecule has 0 aromatic carbocycles. The first-order valence-electron chi connectivity index (χ1n) is 10.4. The maximum absolute atomic E-state index is 12.7. The maximum Gasteiger partial charge on any atom is 0.341 e. The molecule has 0 bridgehead atoms. The van der Waals surface area contributed by atoms with E-state index in [0.29, 0.717) is 29.6 Å². The number of anilines is 1. The van der Waals surface area contributed by atoms with Crippen LogP contribution < -0.4 is 10.6 Å². The molecule has 0 fully saturated rings. The lowest BCUT2D eigenvalue weighted by atomic mass is 9.88. The van der Waals surface area contributed by atoms with Crippen LogP contribution in [-0.4, -0.2) is 55.0 Å². The van der Waals surface area contributed by atoms with Gasteiger partial charge in [0.25, 0.3) is 0 Å². The zero-order chi connectivity index (χ0) is 21.6. The van der Waals surface area contributed by atoms with Crippen LogP contribution in [0.4, 0.5) is 5.00 Å². The predicted molar refractivity (Wildman–Crippen MR) is 115 cm³/mol. The number of esters is 1. The number of carbonyl (C=O) groups is 3. The number of amides is 2. The molecule has 162 valence electrons. The van der Waals surface area contributed by atoms with Gasteiger partial charge in [-0.05, 0) is 58.1 Å². The summed E-state index contributed by atoms with van der Waals surface area (Å²) in [4.78, 5) is 40.1. The Morgan fingerprint density at radius 3 is 2.52 bits per heavy atom. The van der Waals surface area contributed by atoms with Crippen molar-refractivity contribution in [2.24, 2.45) is 5.92 Å². The van der Waals surface area contributed by atoms with Gasteiger partial charge in [-0.1, -0.05) is 13.8 Å². The fourth-order valence-electron chi connectivity index (χ4n) is 3.48. The maximum atomic E-state index is 12.7. The minimum Gasteiger partial charge on any atom is -0.462 e. The van der Waals surface area contributed by atoms with Crippen LogP contribution in [0.15, 0.2) is 0 Å². The van der Waals surface area contributed by atoms with Gasteiger partial charge in [0, 0.05) is 10.9 Å². The first-order chi connectivity index (χ1) is 13.7. The summed E-state index contributed by atoms with van der Waals surface area (Å²) < 4.78 is 5.25. The molecule has 2 amide bonds. The molecule has 1 aliphatic carbocycles. The van der Waals surface area contributed by atoms with Crippen LogP contribution in [0.1, 0.15) is 61.8 Å². The third-order valence-corrected chi connectivity index (χ3v) is 6.05. The summed E-state index contributed by atoms with van der Waals surface area (Å²) in [6, 6.07) is 0.0574. The Hall–Kier alpha value is -1.93. The lowest BCUT2D eigenvalue weighted by Crippen LogP contribution is -2.42. The number of nitrogens with one attached hydrogen (secondary N) is 2. The SMILES string of the molecule is CCOC(=O)c1c(NC(=O)CN(CC)CC(=O)NC(C)C)sc2c1CCC(C)C2. The second-order valence-electron chi connectivity index (χ2n) is 7.85. The molecule has 29 heavy (non-hydrogen) atoms. The Kier molecular flexibility index (Phi) is 8.64. The largest absolute Gasteiger partial charge is 0.462 e. The van der Waals surface area contributed by atoms with Gasteiger partial charge in [0.2, 0.25) is 11.8 Å². The van der Waals surface area contributed by atoms with Gasteiger partial charge in [0.15, 0.2) is 0 Å². The van der Waals surface area contributed by atoms with E-state index < -0.39 is 0 Å². The molecule has 2 N–H and O–H groups in total. The summed E-state index contributed by atoms with van der Waals surface area (Å²) >= 11 is 1.47. The Morgan fingerprint density at radius 1 is 1.21 bits per heavy atom. The molecular weight excluding hydrogens is 390 g/mol. The zero-order valence-corrected chi connectivity index (χ0v) is 18.9. The van der Waals surface area contributed by atoms with Gasteiger partial charge in [-0.3, -0.25) is 14.5 Å². The van der Waals surface area contributed by atoms with Crippen LogP contribution in [0, 0.1) is 5.92 Å². The van der Waals surface area contributed by atoms with Gasteiger partial charge < -0.3 is 15.4 Å². The first-order valence-corrected chi connectivity index (χ1v) is 11.2. The average Bonchev–Trinajstić information content (AvgIpc) is 2.97. The van der Waals surface area contributed by atoms with Crippen molar-refractivity contribution in [3.8, 4) is 0 Å². The number of hydrogen-bond donors (Lipinski definition) is 2. The number of thiophene rings is 1. The topological polar surface area (TPSA) is 87.7 Å². The highest BCUT2D eigenvalue weighted by atomic mass is 32.1. The summed E-state index contributed by atoms with van der Waals surface area (Å²) in [5.74, 6) is -0.155. The van der Waals surface area contributed by atoms with Crippen molar-refractivity contribution in [3.05, 3.63) is 16.0 Å². The molecule has 1 aromatic rings. The normalized spacial score (nSPS) is 15.9. The molecule has 1 unspecified atom stereocenters. The standard InChI is InChI=1S/C21H33N3O4S/c1-6-24(11-17(25)22-13(3)4)12-18(26)23-20-19(21(27)28-7-2)15-9-8-14(5)10-16(15)29-20/h13-14H,6-12H2,1-5H3,(H,22,25)(H,23,26). The number of ether oxygens (including phenoxy) is 1. The lowest BCUT2D eigenvalue weighted by Gasteiger charge is -2.20. The summed E-state index contributed by atoms with van der Waals surface area (Å²) in [5, 5.41) is 6.31. The molecule has 1 aromatic heterocycles. The summed E-state index contributed by atoms with van der Waals surface area (Å²) in [6.45, 7) is 10.8. The van der Waals surface area contributed by atoms with E-state index in [2.05, 4.69) is 17.6 Å². The molecule has 0 aliphatic heterocycles. The highest BCUT2D eigenvalue weighted by molar-refractivity contribution is 7.17. The van der Waals surface area contributed by atoms with Crippen LogP contribution in [0.25, 0.3) is 0 Å². The van der Waals surface area contributed by atoms with Gasteiger partial charge in [0.05, 0.1) is 25.3 Å². The third kappa shape index (κ3) is 6.54. The zero-order valence-electron chi connectivity index (χ0n) is 18.1. The number of fused-ring (bicyclic) bond motifs is 1. The fraction of sp³-hybridized carbons (Fsp3) is 0.667. The van der Waals surface area contributed by atoms with Crippen molar-refractivity contribution >= 4 is 34.1 Å². The Balaban J connectivity index is 2.12. The van der Waals surface area contributed by atoms with E-state index in [1.54, 1.807) is 11.8 Å². The second kappa shape index (κ2) is 10.7. The number of hydrogen-bond acceptors (Lipinski definition) is 6. The predicted octanol–water partition coefficient (Wildman–Crippen LogP) is 2.83. The van der Waals surface area contributed by atoms with Crippen LogP contribution >= 0.6 is 11.3 Å². The third-order valence-electron chi connectivity index (χ3n) is 4.88. The molecule has 1 aliphatic rings. The highest BCUT2D eigenvalue weighted by Gasteiger charge is 2.29. The molecule has 2 rings (SSSR count). The van der Waals surface area contributed by atoms with Crippen molar-refractivity contribution in [2.75, 3.05) is 31.6 Å².